The van der Waals surface area contributed by atoms with Gasteiger partial charge in [0.05, 0.1) is 11.5 Å². The van der Waals surface area contributed by atoms with E-state index in [1.54, 1.807) is 4.90 Å². The molecule has 5 heteroatoms. The predicted octanol–water partition coefficient (Wildman–Crippen LogP) is 1.51. The smallest absolute Gasteiger partial charge is 0.311 e. The standard InChI is InChI=1S/C13H23NO4/c1-4-5-13(12(16)17)6-7-14(9-13)11(15)8-18-10(2)3/h10H,4-9H2,1-3H3,(H,16,17). The van der Waals surface area contributed by atoms with E-state index >= 15 is 0 Å². The molecule has 104 valence electrons. The summed E-state index contributed by atoms with van der Waals surface area (Å²) in [6.45, 7) is 6.59. The van der Waals surface area contributed by atoms with Crippen molar-refractivity contribution in [2.24, 2.45) is 5.41 Å². The molecule has 1 fully saturated rings. The van der Waals surface area contributed by atoms with E-state index < -0.39 is 11.4 Å². The monoisotopic (exact) mass is 257 g/mol. The van der Waals surface area contributed by atoms with Crippen molar-refractivity contribution in [3.8, 4) is 0 Å². The van der Waals surface area contributed by atoms with Crippen LogP contribution in [-0.4, -0.2) is 47.7 Å². The van der Waals surface area contributed by atoms with Gasteiger partial charge in [0.2, 0.25) is 5.91 Å². The van der Waals surface area contributed by atoms with Crippen molar-refractivity contribution < 1.29 is 19.4 Å². The second kappa shape index (κ2) is 6.18. The van der Waals surface area contributed by atoms with Crippen molar-refractivity contribution in [3.05, 3.63) is 0 Å². The second-order valence-electron chi connectivity index (χ2n) is 5.26. The van der Waals surface area contributed by atoms with Gasteiger partial charge in [-0.05, 0) is 26.7 Å². The minimum atomic E-state index is -0.788. The lowest BCUT2D eigenvalue weighted by molar-refractivity contribution is -0.149. The maximum atomic E-state index is 11.9. The molecule has 0 aromatic rings. The number of hydrogen-bond acceptors (Lipinski definition) is 3. The first-order valence-electron chi connectivity index (χ1n) is 6.54. The number of carboxylic acid groups (broad SMARTS) is 1. The molecule has 0 aliphatic carbocycles. The Morgan fingerprint density at radius 1 is 1.44 bits per heavy atom. The zero-order valence-corrected chi connectivity index (χ0v) is 11.4. The molecule has 0 spiro atoms. The molecule has 1 N–H and O–H groups in total. The van der Waals surface area contributed by atoms with Crippen molar-refractivity contribution in [3.63, 3.8) is 0 Å². The molecule has 1 rings (SSSR count). The third-order valence-electron chi connectivity index (χ3n) is 3.43. The minimum Gasteiger partial charge on any atom is -0.481 e. The molecule has 0 bridgehead atoms. The Bertz CT molecular complexity index is 316. The van der Waals surface area contributed by atoms with Crippen LogP contribution in [0.3, 0.4) is 0 Å². The lowest BCUT2D eigenvalue weighted by atomic mass is 9.83. The first-order chi connectivity index (χ1) is 8.41. The summed E-state index contributed by atoms with van der Waals surface area (Å²) in [6, 6.07) is 0. The molecule has 1 unspecified atom stereocenters. The molecule has 1 aliphatic heterocycles. The summed E-state index contributed by atoms with van der Waals surface area (Å²) < 4.78 is 5.27. The predicted molar refractivity (Wildman–Crippen MR) is 67.3 cm³/mol. The van der Waals surface area contributed by atoms with Gasteiger partial charge in [0.15, 0.2) is 0 Å². The topological polar surface area (TPSA) is 66.8 Å². The molecule has 1 atom stereocenters. The highest BCUT2D eigenvalue weighted by Crippen LogP contribution is 2.35. The summed E-state index contributed by atoms with van der Waals surface area (Å²) in [6.07, 6.45) is 1.99. The second-order valence-corrected chi connectivity index (χ2v) is 5.26. The van der Waals surface area contributed by atoms with E-state index in [9.17, 15) is 14.7 Å². The van der Waals surface area contributed by atoms with E-state index in [-0.39, 0.29) is 18.6 Å². The number of carbonyl (C=O) groups is 2. The van der Waals surface area contributed by atoms with Crippen LogP contribution < -0.4 is 0 Å². The number of nitrogens with zero attached hydrogens (tertiary/aromatic N) is 1. The quantitative estimate of drug-likeness (QED) is 0.783. The number of ether oxygens (including phenoxy) is 1. The Morgan fingerprint density at radius 2 is 2.11 bits per heavy atom. The van der Waals surface area contributed by atoms with Gasteiger partial charge >= 0.3 is 5.97 Å². The molecule has 0 aromatic heterocycles. The van der Waals surface area contributed by atoms with Crippen molar-refractivity contribution >= 4 is 11.9 Å². The molecule has 0 saturated carbocycles. The number of rotatable bonds is 6. The third kappa shape index (κ3) is 3.45. The molecule has 0 aromatic carbocycles. The van der Waals surface area contributed by atoms with Crippen LogP contribution in [0.4, 0.5) is 0 Å². The molecule has 1 aliphatic rings. The van der Waals surface area contributed by atoms with Gasteiger partial charge in [-0.2, -0.15) is 0 Å². The summed E-state index contributed by atoms with van der Waals surface area (Å²) in [5, 5.41) is 9.34. The van der Waals surface area contributed by atoms with Crippen LogP contribution in [-0.2, 0) is 14.3 Å². The highest BCUT2D eigenvalue weighted by Gasteiger charge is 2.45. The van der Waals surface area contributed by atoms with Crippen molar-refractivity contribution in [1.29, 1.82) is 0 Å². The van der Waals surface area contributed by atoms with Gasteiger partial charge in [-0.25, -0.2) is 0 Å². The van der Waals surface area contributed by atoms with Gasteiger partial charge in [0, 0.05) is 13.1 Å². The highest BCUT2D eigenvalue weighted by atomic mass is 16.5. The van der Waals surface area contributed by atoms with Crippen LogP contribution in [0, 0.1) is 5.41 Å². The van der Waals surface area contributed by atoms with E-state index in [4.69, 9.17) is 4.74 Å². The van der Waals surface area contributed by atoms with Gasteiger partial charge in [-0.1, -0.05) is 13.3 Å². The first-order valence-corrected chi connectivity index (χ1v) is 6.54. The third-order valence-corrected chi connectivity index (χ3v) is 3.43. The Hall–Kier alpha value is -1.10. The van der Waals surface area contributed by atoms with E-state index in [1.165, 1.54) is 0 Å². The molecule has 1 amide bonds. The number of hydrogen-bond donors (Lipinski definition) is 1. The molecule has 18 heavy (non-hydrogen) atoms. The summed E-state index contributed by atoms with van der Waals surface area (Å²) in [7, 11) is 0. The lowest BCUT2D eigenvalue weighted by Crippen LogP contribution is -2.38. The van der Waals surface area contributed by atoms with Gasteiger partial charge in [0.25, 0.3) is 0 Å². The van der Waals surface area contributed by atoms with Gasteiger partial charge in [0.1, 0.15) is 6.61 Å². The van der Waals surface area contributed by atoms with E-state index in [2.05, 4.69) is 0 Å². The van der Waals surface area contributed by atoms with Crippen molar-refractivity contribution in [1.82, 2.24) is 4.90 Å². The van der Waals surface area contributed by atoms with Crippen LogP contribution in [0.15, 0.2) is 0 Å². The fourth-order valence-electron chi connectivity index (χ4n) is 2.38. The Kier molecular flexibility index (Phi) is 5.14. The fourth-order valence-corrected chi connectivity index (χ4v) is 2.38. The Labute approximate surface area is 108 Å². The van der Waals surface area contributed by atoms with E-state index in [1.807, 2.05) is 20.8 Å². The molecular weight excluding hydrogens is 234 g/mol. The molecule has 1 heterocycles. The zero-order chi connectivity index (χ0) is 13.8. The summed E-state index contributed by atoms with van der Waals surface area (Å²) in [5.74, 6) is -0.896. The maximum Gasteiger partial charge on any atom is 0.311 e. The van der Waals surface area contributed by atoms with E-state index in [0.29, 0.717) is 25.9 Å². The molecule has 1 saturated heterocycles. The highest BCUT2D eigenvalue weighted by molar-refractivity contribution is 5.81. The average Bonchev–Trinajstić information content (AvgIpc) is 2.72. The summed E-state index contributed by atoms with van der Waals surface area (Å²) >= 11 is 0. The van der Waals surface area contributed by atoms with Gasteiger partial charge in [-0.15, -0.1) is 0 Å². The summed E-state index contributed by atoms with van der Waals surface area (Å²) in [5.41, 5.74) is -0.748. The Balaban J connectivity index is 2.58. The summed E-state index contributed by atoms with van der Waals surface area (Å²) in [4.78, 5) is 24.9. The van der Waals surface area contributed by atoms with Crippen LogP contribution in [0.25, 0.3) is 0 Å². The average molecular weight is 257 g/mol. The van der Waals surface area contributed by atoms with Gasteiger partial charge < -0.3 is 14.7 Å². The lowest BCUT2D eigenvalue weighted by Gasteiger charge is -2.24. The number of amides is 1. The maximum absolute atomic E-state index is 11.9. The molecule has 0 radical (unpaired) electrons. The number of aliphatic carboxylic acids is 1. The SMILES string of the molecule is CCCC1(C(=O)O)CCN(C(=O)COC(C)C)C1. The normalized spacial score (nSPS) is 23.7. The van der Waals surface area contributed by atoms with E-state index in [0.717, 1.165) is 6.42 Å². The fraction of sp³-hybridized carbons (Fsp3) is 0.846. The minimum absolute atomic E-state index is 0.0106. The first kappa shape index (κ1) is 15.0. The van der Waals surface area contributed by atoms with Crippen LogP contribution in [0.1, 0.15) is 40.0 Å². The number of likely N-dealkylation sites (tertiary alicyclic amines) is 1. The van der Waals surface area contributed by atoms with Gasteiger partial charge in [-0.3, -0.25) is 9.59 Å². The molecule has 5 nitrogen and oxygen atoms in total. The zero-order valence-electron chi connectivity index (χ0n) is 11.4. The Morgan fingerprint density at radius 3 is 2.61 bits per heavy atom. The van der Waals surface area contributed by atoms with Crippen molar-refractivity contribution in [2.45, 2.75) is 46.1 Å². The number of carbonyl (C=O) groups excluding carboxylic acids is 1. The molecular formula is C13H23NO4. The van der Waals surface area contributed by atoms with Crippen LogP contribution in [0.5, 0.6) is 0 Å². The van der Waals surface area contributed by atoms with Crippen molar-refractivity contribution in [2.75, 3.05) is 19.7 Å². The largest absolute Gasteiger partial charge is 0.481 e. The van der Waals surface area contributed by atoms with Crippen LogP contribution >= 0.6 is 0 Å². The van der Waals surface area contributed by atoms with Crippen LogP contribution in [0.2, 0.25) is 0 Å². The number of carboxylic acids is 1.